The van der Waals surface area contributed by atoms with Crippen molar-refractivity contribution in [3.63, 3.8) is 0 Å². The molecule has 0 unspecified atom stereocenters. The number of H-pyrrole nitrogens is 1. The van der Waals surface area contributed by atoms with Gasteiger partial charge in [0.05, 0.1) is 18.5 Å². The largest absolute Gasteiger partial charge is 0.495 e. The lowest BCUT2D eigenvalue weighted by atomic mass is 9.76. The maximum atomic E-state index is 12.6. The predicted molar refractivity (Wildman–Crippen MR) is 108 cm³/mol. The number of nitrogens with zero attached hydrogens (tertiary/aromatic N) is 3. The summed E-state index contributed by atoms with van der Waals surface area (Å²) in [4.78, 5) is 25.0. The van der Waals surface area contributed by atoms with Gasteiger partial charge in [0.1, 0.15) is 5.75 Å². The summed E-state index contributed by atoms with van der Waals surface area (Å²) in [5.74, 6) is 1.62. The van der Waals surface area contributed by atoms with Gasteiger partial charge in [-0.1, -0.05) is 26.0 Å². The number of ether oxygens (including phenoxy) is 1. The van der Waals surface area contributed by atoms with Crippen molar-refractivity contribution in [1.29, 1.82) is 0 Å². The number of nitrogens with one attached hydrogen (secondary N) is 1. The summed E-state index contributed by atoms with van der Waals surface area (Å²) in [6, 6.07) is 8.11. The molecule has 2 heterocycles. The van der Waals surface area contributed by atoms with Crippen molar-refractivity contribution in [3.05, 3.63) is 45.9 Å². The molecule has 0 amide bonds. The van der Waals surface area contributed by atoms with Gasteiger partial charge in [-0.15, -0.1) is 0 Å². The van der Waals surface area contributed by atoms with E-state index in [2.05, 4.69) is 34.7 Å². The topological polar surface area (TPSA) is 61.5 Å². The third kappa shape index (κ3) is 3.53. The van der Waals surface area contributed by atoms with Crippen LogP contribution in [0.25, 0.3) is 0 Å². The number of anilines is 2. The standard InChI is InChI=1S/C21H28N4O2/c1-21(2)9-8-16-15(14-21)19(26)23-20(22-16)25-12-10-24(11-13-25)17-6-4-5-7-18(17)27-3/h4-7H,8-14H2,1-3H3,(H,22,23,26). The van der Waals surface area contributed by atoms with E-state index < -0.39 is 0 Å². The number of piperazine rings is 1. The van der Waals surface area contributed by atoms with E-state index in [-0.39, 0.29) is 11.0 Å². The molecule has 6 heteroatoms. The highest BCUT2D eigenvalue weighted by molar-refractivity contribution is 5.59. The lowest BCUT2D eigenvalue weighted by molar-refractivity contribution is 0.310. The van der Waals surface area contributed by atoms with Gasteiger partial charge >= 0.3 is 0 Å². The van der Waals surface area contributed by atoms with Crippen LogP contribution in [0.5, 0.6) is 5.75 Å². The summed E-state index contributed by atoms with van der Waals surface area (Å²) in [7, 11) is 1.71. The second kappa shape index (κ2) is 6.91. The number of hydrogen-bond acceptors (Lipinski definition) is 5. The van der Waals surface area contributed by atoms with Crippen LogP contribution in [0.4, 0.5) is 11.6 Å². The van der Waals surface area contributed by atoms with Gasteiger partial charge in [-0.05, 0) is 36.8 Å². The fourth-order valence-corrected chi connectivity index (χ4v) is 4.14. The Morgan fingerprint density at radius 3 is 2.56 bits per heavy atom. The van der Waals surface area contributed by atoms with Crippen molar-refractivity contribution >= 4 is 11.6 Å². The highest BCUT2D eigenvalue weighted by atomic mass is 16.5. The van der Waals surface area contributed by atoms with Gasteiger partial charge in [0, 0.05) is 31.7 Å². The maximum absolute atomic E-state index is 12.6. The molecule has 0 radical (unpaired) electrons. The van der Waals surface area contributed by atoms with Gasteiger partial charge in [-0.3, -0.25) is 9.78 Å². The van der Waals surface area contributed by atoms with Gasteiger partial charge in [-0.25, -0.2) is 4.98 Å². The third-order valence-corrected chi connectivity index (χ3v) is 5.79. The van der Waals surface area contributed by atoms with Crippen molar-refractivity contribution in [2.75, 3.05) is 43.1 Å². The van der Waals surface area contributed by atoms with Crippen LogP contribution in [0, 0.1) is 5.41 Å². The van der Waals surface area contributed by atoms with Crippen LogP contribution in [-0.2, 0) is 12.8 Å². The Kier molecular flexibility index (Phi) is 4.58. The molecule has 2 aromatic rings. The molecule has 0 atom stereocenters. The smallest absolute Gasteiger partial charge is 0.255 e. The zero-order valence-electron chi connectivity index (χ0n) is 16.4. The molecular weight excluding hydrogens is 340 g/mol. The molecule has 1 fully saturated rings. The van der Waals surface area contributed by atoms with E-state index in [0.29, 0.717) is 0 Å². The molecule has 27 heavy (non-hydrogen) atoms. The Hall–Kier alpha value is -2.50. The number of hydrogen-bond donors (Lipinski definition) is 1. The lowest BCUT2D eigenvalue weighted by Gasteiger charge is -2.37. The molecule has 0 spiro atoms. The number of para-hydroxylation sites is 2. The minimum atomic E-state index is 0.0370. The number of aromatic amines is 1. The number of rotatable bonds is 3. The molecule has 144 valence electrons. The fourth-order valence-electron chi connectivity index (χ4n) is 4.14. The summed E-state index contributed by atoms with van der Waals surface area (Å²) in [5.41, 5.74) is 3.20. The van der Waals surface area contributed by atoms with E-state index in [1.165, 1.54) is 0 Å². The van der Waals surface area contributed by atoms with E-state index in [1.54, 1.807) is 7.11 Å². The van der Waals surface area contributed by atoms with Crippen LogP contribution in [0.2, 0.25) is 0 Å². The first-order chi connectivity index (χ1) is 13.0. The molecule has 0 bridgehead atoms. The van der Waals surface area contributed by atoms with Crippen LogP contribution >= 0.6 is 0 Å². The first kappa shape index (κ1) is 17.9. The van der Waals surface area contributed by atoms with Crippen LogP contribution in [-0.4, -0.2) is 43.3 Å². The van der Waals surface area contributed by atoms with Gasteiger partial charge in [0.2, 0.25) is 5.95 Å². The molecule has 0 saturated carbocycles. The SMILES string of the molecule is COc1ccccc1N1CCN(c2nc3c(c(=O)[nH]2)CC(C)(C)CC3)CC1. The van der Waals surface area contributed by atoms with Crippen molar-refractivity contribution in [1.82, 2.24) is 9.97 Å². The average Bonchev–Trinajstić information content (AvgIpc) is 2.68. The zero-order chi connectivity index (χ0) is 19.0. The molecule has 4 rings (SSSR count). The lowest BCUT2D eigenvalue weighted by Crippen LogP contribution is -2.48. The second-order valence-electron chi connectivity index (χ2n) is 8.30. The first-order valence-electron chi connectivity index (χ1n) is 9.72. The summed E-state index contributed by atoms with van der Waals surface area (Å²) in [6.45, 7) is 7.83. The van der Waals surface area contributed by atoms with E-state index in [9.17, 15) is 4.79 Å². The van der Waals surface area contributed by atoms with Crippen molar-refractivity contribution < 1.29 is 4.74 Å². The Morgan fingerprint density at radius 2 is 1.81 bits per heavy atom. The van der Waals surface area contributed by atoms with Crippen molar-refractivity contribution in [2.45, 2.75) is 33.1 Å². The van der Waals surface area contributed by atoms with Crippen LogP contribution in [0.1, 0.15) is 31.5 Å². The molecular formula is C21H28N4O2. The molecule has 6 nitrogen and oxygen atoms in total. The normalized spacial score (nSPS) is 18.9. The number of benzene rings is 1. The second-order valence-corrected chi connectivity index (χ2v) is 8.30. The highest BCUT2D eigenvalue weighted by Crippen LogP contribution is 2.33. The van der Waals surface area contributed by atoms with Crippen LogP contribution in [0.15, 0.2) is 29.1 Å². The minimum Gasteiger partial charge on any atom is -0.495 e. The highest BCUT2D eigenvalue weighted by Gasteiger charge is 2.29. The molecule has 1 aromatic heterocycles. The molecule has 2 aliphatic rings. The number of aryl methyl sites for hydroxylation is 1. The Bertz CT molecular complexity index is 882. The Labute approximate surface area is 160 Å². The quantitative estimate of drug-likeness (QED) is 0.902. The van der Waals surface area contributed by atoms with Gasteiger partial charge in [0.15, 0.2) is 0 Å². The van der Waals surface area contributed by atoms with Gasteiger partial charge in [0.25, 0.3) is 5.56 Å². The maximum Gasteiger partial charge on any atom is 0.255 e. The first-order valence-corrected chi connectivity index (χ1v) is 9.72. The van der Waals surface area contributed by atoms with Gasteiger partial charge in [-0.2, -0.15) is 0 Å². The fraction of sp³-hybridized carbons (Fsp3) is 0.524. The molecule has 1 N–H and O–H groups in total. The predicted octanol–water partition coefficient (Wildman–Crippen LogP) is 2.62. The Morgan fingerprint density at radius 1 is 1.11 bits per heavy atom. The number of fused-ring (bicyclic) bond motifs is 1. The summed E-state index contributed by atoms with van der Waals surface area (Å²) in [5, 5.41) is 0. The van der Waals surface area contributed by atoms with E-state index in [0.717, 1.165) is 74.1 Å². The zero-order valence-corrected chi connectivity index (χ0v) is 16.4. The monoisotopic (exact) mass is 368 g/mol. The third-order valence-electron chi connectivity index (χ3n) is 5.79. The van der Waals surface area contributed by atoms with Crippen LogP contribution in [0.3, 0.4) is 0 Å². The average molecular weight is 368 g/mol. The van der Waals surface area contributed by atoms with E-state index in [1.807, 2.05) is 18.2 Å². The molecule has 1 saturated heterocycles. The summed E-state index contributed by atoms with van der Waals surface area (Å²) < 4.78 is 5.49. The van der Waals surface area contributed by atoms with E-state index >= 15 is 0 Å². The number of methoxy groups -OCH3 is 1. The Balaban J connectivity index is 1.51. The number of aromatic nitrogens is 2. The summed E-state index contributed by atoms with van der Waals surface area (Å²) in [6.07, 6.45) is 2.78. The van der Waals surface area contributed by atoms with Crippen molar-refractivity contribution in [3.8, 4) is 5.75 Å². The molecule has 1 aliphatic heterocycles. The minimum absolute atomic E-state index is 0.0370. The molecule has 1 aliphatic carbocycles. The molecule has 1 aromatic carbocycles. The van der Waals surface area contributed by atoms with E-state index in [4.69, 9.17) is 9.72 Å². The van der Waals surface area contributed by atoms with Gasteiger partial charge < -0.3 is 14.5 Å². The van der Waals surface area contributed by atoms with Crippen molar-refractivity contribution in [2.24, 2.45) is 5.41 Å². The summed E-state index contributed by atoms with van der Waals surface area (Å²) >= 11 is 0. The van der Waals surface area contributed by atoms with Crippen LogP contribution < -0.4 is 20.1 Å².